The number of benzene rings is 16. The first kappa shape index (κ1) is 54.8. The molecule has 16 aromatic rings. The van der Waals surface area contributed by atoms with Gasteiger partial charge in [-0.3, -0.25) is 0 Å². The molecular formula is C88H62N2. The molecular weight excluding hydrogens is 1080 g/mol. The minimum atomic E-state index is 1.10. The summed E-state index contributed by atoms with van der Waals surface area (Å²) in [6, 6.07) is 135. The van der Waals surface area contributed by atoms with Crippen molar-refractivity contribution in [2.45, 2.75) is 0 Å². The van der Waals surface area contributed by atoms with E-state index in [2.05, 4.69) is 386 Å². The van der Waals surface area contributed by atoms with Crippen molar-refractivity contribution < 1.29 is 0 Å². The Kier molecular flexibility index (Phi) is 15.1. The molecule has 0 heterocycles. The van der Waals surface area contributed by atoms with E-state index < -0.39 is 0 Å². The summed E-state index contributed by atoms with van der Waals surface area (Å²) < 4.78 is 0. The molecule has 0 atom stereocenters. The molecule has 0 saturated heterocycles. The van der Waals surface area contributed by atoms with Crippen molar-refractivity contribution in [2.24, 2.45) is 0 Å². The molecule has 0 bridgehead atoms. The second kappa shape index (κ2) is 24.9. The van der Waals surface area contributed by atoms with E-state index >= 15 is 0 Å². The number of hydrogen-bond donors (Lipinski definition) is 0. The van der Waals surface area contributed by atoms with Gasteiger partial charge < -0.3 is 9.80 Å². The van der Waals surface area contributed by atoms with E-state index in [4.69, 9.17) is 0 Å². The summed E-state index contributed by atoms with van der Waals surface area (Å²) in [7, 11) is 0. The van der Waals surface area contributed by atoms with Crippen molar-refractivity contribution in [3.8, 4) is 66.8 Å². The van der Waals surface area contributed by atoms with Gasteiger partial charge in [0.15, 0.2) is 0 Å². The highest BCUT2D eigenvalue weighted by Gasteiger charge is 2.23. The molecule has 16 aromatic carbocycles. The van der Waals surface area contributed by atoms with Gasteiger partial charge >= 0.3 is 0 Å². The van der Waals surface area contributed by atoms with E-state index in [0.717, 1.165) is 34.1 Å². The summed E-state index contributed by atoms with van der Waals surface area (Å²) in [6.07, 6.45) is 0. The molecule has 90 heavy (non-hydrogen) atoms. The van der Waals surface area contributed by atoms with Gasteiger partial charge in [0.2, 0.25) is 0 Å². The SMILES string of the molecule is c1ccc(-c2ccc(N(c3cc(-c4ccccc4)cc4ccccc34)c3cc4ccccc4c4ccccc34)cc2)cc1.c1ccc(-c2ccc(N(c3ccc(-c4ccccc4)cc3-c3ccccc3)c3cc(-c4ccccc4)cc4ccccc34)cc2)cc1. The molecule has 0 spiro atoms. The predicted octanol–water partition coefficient (Wildman–Crippen LogP) is 24.9. The van der Waals surface area contributed by atoms with E-state index in [1.165, 1.54) is 110 Å². The van der Waals surface area contributed by atoms with Gasteiger partial charge in [-0.1, -0.05) is 309 Å². The van der Waals surface area contributed by atoms with Gasteiger partial charge in [-0.15, -0.1) is 0 Å². The molecule has 2 heteroatoms. The standard InChI is InChI=1S/C46H33N.C42H29N/c1-5-15-34(16-6-1)37-25-28-42(29-26-37)47(46-33-41(36-19-9-3-10-20-36)31-40-23-13-14-24-43(40)46)45-30-27-39(35-17-7-2-8-18-35)32-44(45)38-21-11-4-12-22-38;1-3-13-30(14-4-1)32-23-25-36(26-24-32)43(42-28-34-18-7-9-19-37(34)39-21-11-12-22-40(39)42)41-29-35(31-15-5-2-6-16-31)27-33-17-8-10-20-38(33)41/h1-33H;1-29H. The van der Waals surface area contributed by atoms with Gasteiger partial charge in [0, 0.05) is 33.1 Å². The number of anilines is 6. The second-order valence-corrected chi connectivity index (χ2v) is 22.8. The molecule has 0 unspecified atom stereocenters. The summed E-state index contributed by atoms with van der Waals surface area (Å²) in [5.41, 5.74) is 21.2. The third-order valence-electron chi connectivity index (χ3n) is 17.3. The molecule has 0 fully saturated rings. The Hall–Kier alpha value is -11.8. The zero-order chi connectivity index (χ0) is 60.0. The highest BCUT2D eigenvalue weighted by atomic mass is 15.2. The lowest BCUT2D eigenvalue weighted by Crippen LogP contribution is -2.12. The molecule has 0 aliphatic heterocycles. The van der Waals surface area contributed by atoms with Crippen LogP contribution in [0.3, 0.4) is 0 Å². The first-order valence-corrected chi connectivity index (χ1v) is 30.9. The van der Waals surface area contributed by atoms with Crippen LogP contribution in [-0.4, -0.2) is 0 Å². The summed E-state index contributed by atoms with van der Waals surface area (Å²) in [4.78, 5) is 4.90. The van der Waals surface area contributed by atoms with E-state index in [9.17, 15) is 0 Å². The number of hydrogen-bond acceptors (Lipinski definition) is 2. The van der Waals surface area contributed by atoms with Crippen LogP contribution in [0, 0.1) is 0 Å². The fourth-order valence-electron chi connectivity index (χ4n) is 12.8. The van der Waals surface area contributed by atoms with Gasteiger partial charge in [0.25, 0.3) is 0 Å². The van der Waals surface area contributed by atoms with Crippen LogP contribution in [0.15, 0.2) is 376 Å². The molecule has 2 nitrogen and oxygen atoms in total. The number of rotatable bonds is 12. The monoisotopic (exact) mass is 1150 g/mol. The summed E-state index contributed by atoms with van der Waals surface area (Å²) in [6.45, 7) is 0. The van der Waals surface area contributed by atoms with E-state index in [0.29, 0.717) is 0 Å². The van der Waals surface area contributed by atoms with Crippen LogP contribution in [-0.2, 0) is 0 Å². The van der Waals surface area contributed by atoms with Gasteiger partial charge in [0.1, 0.15) is 0 Å². The largest absolute Gasteiger partial charge is 0.309 e. The smallest absolute Gasteiger partial charge is 0.0546 e. The molecule has 0 N–H and O–H groups in total. The maximum Gasteiger partial charge on any atom is 0.0546 e. The Morgan fingerprint density at radius 1 is 0.144 bits per heavy atom. The van der Waals surface area contributed by atoms with Crippen molar-refractivity contribution in [2.75, 3.05) is 9.80 Å². The van der Waals surface area contributed by atoms with Gasteiger partial charge in [-0.25, -0.2) is 0 Å². The molecule has 0 saturated carbocycles. The van der Waals surface area contributed by atoms with Crippen LogP contribution < -0.4 is 9.80 Å². The molecule has 0 aliphatic carbocycles. The summed E-state index contributed by atoms with van der Waals surface area (Å²) in [5.74, 6) is 0. The fraction of sp³-hybridized carbons (Fsp3) is 0. The Bertz CT molecular complexity index is 5130. The Morgan fingerprint density at radius 3 is 0.867 bits per heavy atom. The van der Waals surface area contributed by atoms with Gasteiger partial charge in [0.05, 0.1) is 22.7 Å². The van der Waals surface area contributed by atoms with Gasteiger partial charge in [-0.2, -0.15) is 0 Å². The van der Waals surface area contributed by atoms with Crippen LogP contribution in [0.25, 0.3) is 110 Å². The van der Waals surface area contributed by atoms with E-state index in [1.807, 2.05) is 0 Å². The lowest BCUT2D eigenvalue weighted by atomic mass is 9.94. The van der Waals surface area contributed by atoms with Gasteiger partial charge in [-0.05, 0) is 155 Å². The molecule has 0 amide bonds. The third kappa shape index (κ3) is 11.1. The van der Waals surface area contributed by atoms with Crippen molar-refractivity contribution in [1.29, 1.82) is 0 Å². The van der Waals surface area contributed by atoms with E-state index in [-0.39, 0.29) is 0 Å². The van der Waals surface area contributed by atoms with Crippen molar-refractivity contribution in [3.63, 3.8) is 0 Å². The molecule has 0 radical (unpaired) electrons. The predicted molar refractivity (Wildman–Crippen MR) is 385 cm³/mol. The van der Waals surface area contributed by atoms with Crippen molar-refractivity contribution in [1.82, 2.24) is 0 Å². The minimum absolute atomic E-state index is 1.10. The average Bonchev–Trinajstić information content (AvgIpc) is 0.883. The van der Waals surface area contributed by atoms with Crippen LogP contribution in [0.1, 0.15) is 0 Å². The Morgan fingerprint density at radius 2 is 0.433 bits per heavy atom. The fourth-order valence-corrected chi connectivity index (χ4v) is 12.8. The summed E-state index contributed by atoms with van der Waals surface area (Å²) >= 11 is 0. The second-order valence-electron chi connectivity index (χ2n) is 22.8. The molecule has 424 valence electrons. The van der Waals surface area contributed by atoms with E-state index in [1.54, 1.807) is 0 Å². The van der Waals surface area contributed by atoms with Crippen LogP contribution in [0.2, 0.25) is 0 Å². The first-order valence-electron chi connectivity index (χ1n) is 30.9. The normalized spacial score (nSPS) is 11.1. The maximum absolute atomic E-state index is 2.46. The zero-order valence-corrected chi connectivity index (χ0v) is 49.7. The molecule has 0 aromatic heterocycles. The lowest BCUT2D eigenvalue weighted by molar-refractivity contribution is 1.30. The van der Waals surface area contributed by atoms with Crippen molar-refractivity contribution >= 4 is 77.2 Å². The summed E-state index contributed by atoms with van der Waals surface area (Å²) in [5, 5.41) is 9.81. The van der Waals surface area contributed by atoms with Crippen LogP contribution in [0.4, 0.5) is 34.1 Å². The lowest BCUT2D eigenvalue weighted by Gasteiger charge is -2.30. The maximum atomic E-state index is 2.46. The number of fused-ring (bicyclic) bond motifs is 5. The van der Waals surface area contributed by atoms with Crippen molar-refractivity contribution in [3.05, 3.63) is 376 Å². The zero-order valence-electron chi connectivity index (χ0n) is 49.7. The first-order chi connectivity index (χ1) is 44.6. The Balaban J connectivity index is 0.000000151. The highest BCUT2D eigenvalue weighted by Crippen LogP contribution is 2.49. The Labute approximate surface area is 526 Å². The average molecular weight is 1150 g/mol. The quantitative estimate of drug-likeness (QED) is 0.113. The molecule has 16 rings (SSSR count). The third-order valence-corrected chi connectivity index (χ3v) is 17.3. The van der Waals surface area contributed by atoms with Crippen LogP contribution in [0.5, 0.6) is 0 Å². The topological polar surface area (TPSA) is 6.48 Å². The number of nitrogens with zero attached hydrogens (tertiary/aromatic N) is 2. The molecule has 0 aliphatic rings. The van der Waals surface area contributed by atoms with Crippen LogP contribution >= 0.6 is 0 Å². The highest BCUT2D eigenvalue weighted by molar-refractivity contribution is 6.16. The minimum Gasteiger partial charge on any atom is -0.309 e.